The molecule has 0 saturated carbocycles. The Bertz CT molecular complexity index is 1470. The first kappa shape index (κ1) is 19.0. The van der Waals surface area contributed by atoms with Crippen LogP contribution in [0.4, 0.5) is 4.39 Å². The van der Waals surface area contributed by atoms with Crippen molar-refractivity contribution in [2.24, 2.45) is 0 Å². The lowest BCUT2D eigenvalue weighted by molar-refractivity contribution is 0.468. The minimum absolute atomic E-state index is 0.311. The van der Waals surface area contributed by atoms with Gasteiger partial charge in [0.05, 0.1) is 29.0 Å². The number of hydrogen-bond donors (Lipinski definition) is 2. The highest BCUT2D eigenvalue weighted by Gasteiger charge is 2.19. The van der Waals surface area contributed by atoms with E-state index in [1.807, 2.05) is 22.9 Å². The van der Waals surface area contributed by atoms with Gasteiger partial charge in [-0.3, -0.25) is 10.1 Å². The van der Waals surface area contributed by atoms with Gasteiger partial charge in [-0.1, -0.05) is 16.8 Å². The van der Waals surface area contributed by atoms with Crippen molar-refractivity contribution in [1.82, 2.24) is 40.5 Å². The summed E-state index contributed by atoms with van der Waals surface area (Å²) in [6.07, 6.45) is 3.48. The maximum absolute atomic E-state index is 14.5. The van der Waals surface area contributed by atoms with Crippen LogP contribution in [0.15, 0.2) is 48.8 Å². The van der Waals surface area contributed by atoms with Crippen LogP contribution in [0.1, 0.15) is 5.69 Å². The number of pyridine rings is 2. The summed E-state index contributed by atoms with van der Waals surface area (Å²) >= 11 is 6.08. The predicted molar refractivity (Wildman–Crippen MR) is 118 cm³/mol. The molecule has 0 aliphatic carbocycles. The summed E-state index contributed by atoms with van der Waals surface area (Å²) < 4.78 is 16.4. The number of nitrogens with one attached hydrogen (secondary N) is 2. The minimum atomic E-state index is -0.404. The zero-order valence-corrected chi connectivity index (χ0v) is 17.4. The number of H-pyrrole nitrogens is 1. The first-order chi connectivity index (χ1) is 15.7. The Balaban J connectivity index is 1.45. The quantitative estimate of drug-likeness (QED) is 0.437. The maximum atomic E-state index is 14.5. The Hall–Kier alpha value is -3.69. The lowest BCUT2D eigenvalue weighted by Gasteiger charge is -2.14. The molecule has 4 aromatic heterocycles. The Morgan fingerprint density at radius 1 is 1.03 bits per heavy atom. The second-order valence-corrected chi connectivity index (χ2v) is 7.95. The molecule has 32 heavy (non-hydrogen) atoms. The Morgan fingerprint density at radius 3 is 2.91 bits per heavy atom. The second kappa shape index (κ2) is 7.47. The highest BCUT2D eigenvalue weighted by molar-refractivity contribution is 6.30. The van der Waals surface area contributed by atoms with Crippen LogP contribution in [0.25, 0.3) is 44.8 Å². The summed E-state index contributed by atoms with van der Waals surface area (Å²) in [5.74, 6) is -0.404. The van der Waals surface area contributed by atoms with Gasteiger partial charge in [0.2, 0.25) is 0 Å². The van der Waals surface area contributed by atoms with Crippen molar-refractivity contribution in [2.75, 3.05) is 6.54 Å². The Labute approximate surface area is 186 Å². The molecule has 6 rings (SSSR count). The van der Waals surface area contributed by atoms with E-state index in [0.717, 1.165) is 35.6 Å². The topological polar surface area (TPSA) is 97.2 Å². The van der Waals surface area contributed by atoms with Crippen LogP contribution in [-0.2, 0) is 13.1 Å². The van der Waals surface area contributed by atoms with E-state index in [4.69, 9.17) is 16.6 Å². The van der Waals surface area contributed by atoms with Crippen molar-refractivity contribution in [1.29, 1.82) is 0 Å². The summed E-state index contributed by atoms with van der Waals surface area (Å²) in [6, 6.07) is 10.1. The van der Waals surface area contributed by atoms with Crippen LogP contribution in [0.5, 0.6) is 0 Å². The minimum Gasteiger partial charge on any atom is -0.309 e. The van der Waals surface area contributed by atoms with E-state index in [0.29, 0.717) is 39.6 Å². The Kier molecular flexibility index (Phi) is 4.44. The largest absolute Gasteiger partial charge is 0.309 e. The summed E-state index contributed by atoms with van der Waals surface area (Å²) in [5, 5.41) is 19.4. The van der Waals surface area contributed by atoms with Crippen molar-refractivity contribution in [2.45, 2.75) is 13.1 Å². The fraction of sp³-hybridized carbons (Fsp3) is 0.136. The summed E-state index contributed by atoms with van der Waals surface area (Å²) in [7, 11) is 0. The van der Waals surface area contributed by atoms with Crippen molar-refractivity contribution in [3.8, 4) is 33.8 Å². The van der Waals surface area contributed by atoms with Crippen LogP contribution >= 0.6 is 11.6 Å². The van der Waals surface area contributed by atoms with Crippen LogP contribution in [0.3, 0.4) is 0 Å². The molecule has 158 valence electrons. The molecule has 0 bridgehead atoms. The van der Waals surface area contributed by atoms with Crippen molar-refractivity contribution in [3.63, 3.8) is 0 Å². The first-order valence-electron chi connectivity index (χ1n) is 10.1. The fourth-order valence-corrected chi connectivity index (χ4v) is 4.13. The van der Waals surface area contributed by atoms with Crippen LogP contribution < -0.4 is 5.32 Å². The molecule has 5 heterocycles. The molecule has 5 aromatic rings. The van der Waals surface area contributed by atoms with E-state index in [1.54, 1.807) is 18.5 Å². The van der Waals surface area contributed by atoms with E-state index < -0.39 is 5.82 Å². The Morgan fingerprint density at radius 2 is 1.97 bits per heavy atom. The van der Waals surface area contributed by atoms with Gasteiger partial charge in [0.1, 0.15) is 17.2 Å². The van der Waals surface area contributed by atoms with Crippen LogP contribution in [-0.4, -0.2) is 41.7 Å². The smallest absolute Gasteiger partial charge is 0.132 e. The van der Waals surface area contributed by atoms with Gasteiger partial charge in [-0.15, -0.1) is 5.10 Å². The molecule has 2 N–H and O–H groups in total. The standard InChI is InChI=1S/C22H16ClFN8/c23-13-1-2-16(24)14(8-13)22-15(10-27-29-22)17-3-4-18-19(28-17)7-12(9-26-18)21-20-11-25-5-6-32(20)31-30-21/h1-4,7-10,25H,5-6,11H2,(H,27,29). The summed E-state index contributed by atoms with van der Waals surface area (Å²) in [6.45, 7) is 2.36. The van der Waals surface area contributed by atoms with E-state index in [2.05, 4.69) is 30.8 Å². The first-order valence-corrected chi connectivity index (χ1v) is 10.4. The molecule has 0 fully saturated rings. The molecule has 0 unspecified atom stereocenters. The third-order valence-corrected chi connectivity index (χ3v) is 5.78. The monoisotopic (exact) mass is 446 g/mol. The van der Waals surface area contributed by atoms with Crippen LogP contribution in [0.2, 0.25) is 5.02 Å². The van der Waals surface area contributed by atoms with E-state index in [-0.39, 0.29) is 0 Å². The second-order valence-electron chi connectivity index (χ2n) is 7.52. The number of rotatable bonds is 3. The lowest BCUT2D eigenvalue weighted by Crippen LogP contribution is -2.28. The summed E-state index contributed by atoms with van der Waals surface area (Å²) in [4.78, 5) is 9.34. The lowest BCUT2D eigenvalue weighted by atomic mass is 10.0. The third kappa shape index (κ3) is 3.14. The number of aromatic nitrogens is 7. The van der Waals surface area contributed by atoms with Gasteiger partial charge >= 0.3 is 0 Å². The SMILES string of the molecule is Fc1ccc(Cl)cc1-c1n[nH]cc1-c1ccc2ncc(-c3nnn4c3CNCC4)cc2n1. The number of nitrogens with zero attached hydrogens (tertiary/aromatic N) is 6. The van der Waals surface area contributed by atoms with Gasteiger partial charge < -0.3 is 5.32 Å². The number of hydrogen-bond acceptors (Lipinski definition) is 6. The fourth-order valence-electron chi connectivity index (χ4n) is 3.96. The molecule has 0 amide bonds. The molecular weight excluding hydrogens is 431 g/mol. The van der Waals surface area contributed by atoms with Gasteiger partial charge in [0.25, 0.3) is 0 Å². The van der Waals surface area contributed by atoms with Gasteiger partial charge in [-0.05, 0) is 36.4 Å². The molecule has 0 atom stereocenters. The van der Waals surface area contributed by atoms with Gasteiger partial charge in [-0.2, -0.15) is 5.10 Å². The maximum Gasteiger partial charge on any atom is 0.132 e. The highest BCUT2D eigenvalue weighted by Crippen LogP contribution is 2.33. The normalized spacial score (nSPS) is 13.4. The van der Waals surface area contributed by atoms with Crippen molar-refractivity contribution < 1.29 is 4.39 Å². The van der Waals surface area contributed by atoms with Crippen LogP contribution in [0, 0.1) is 5.82 Å². The number of aromatic amines is 1. The van der Waals surface area contributed by atoms with E-state index in [9.17, 15) is 4.39 Å². The molecule has 0 saturated heterocycles. The molecule has 0 spiro atoms. The average Bonchev–Trinajstić information content (AvgIpc) is 3.47. The van der Waals surface area contributed by atoms with E-state index in [1.165, 1.54) is 12.1 Å². The zero-order chi connectivity index (χ0) is 21.7. The summed E-state index contributed by atoms with van der Waals surface area (Å²) in [5.41, 5.74) is 6.19. The number of benzene rings is 1. The number of fused-ring (bicyclic) bond motifs is 2. The van der Waals surface area contributed by atoms with Crippen molar-refractivity contribution in [3.05, 3.63) is 65.3 Å². The average molecular weight is 447 g/mol. The molecule has 1 aliphatic rings. The predicted octanol–water partition coefficient (Wildman–Crippen LogP) is 3.84. The third-order valence-electron chi connectivity index (χ3n) is 5.54. The molecule has 1 aromatic carbocycles. The van der Waals surface area contributed by atoms with Gasteiger partial charge in [0.15, 0.2) is 0 Å². The number of halogens is 2. The molecule has 0 radical (unpaired) electrons. The van der Waals surface area contributed by atoms with E-state index >= 15 is 0 Å². The molecule has 8 nitrogen and oxygen atoms in total. The van der Waals surface area contributed by atoms with Gasteiger partial charge in [-0.25, -0.2) is 14.1 Å². The highest BCUT2D eigenvalue weighted by atomic mass is 35.5. The molecule has 1 aliphatic heterocycles. The van der Waals surface area contributed by atoms with Crippen molar-refractivity contribution >= 4 is 22.6 Å². The molecule has 10 heteroatoms. The molecular formula is C22H16ClFN8. The van der Waals surface area contributed by atoms with Gasteiger partial charge in [0, 0.05) is 47.2 Å². The zero-order valence-electron chi connectivity index (χ0n) is 16.7.